The lowest BCUT2D eigenvalue weighted by Gasteiger charge is -2.04. The van der Waals surface area contributed by atoms with Crippen LogP contribution in [-0.2, 0) is 4.74 Å². The second-order valence-electron chi connectivity index (χ2n) is 6.78. The van der Waals surface area contributed by atoms with Gasteiger partial charge in [-0.15, -0.1) is 0 Å². The fourth-order valence-electron chi connectivity index (χ4n) is 2.82. The molecule has 0 saturated carbocycles. The van der Waals surface area contributed by atoms with Crippen LogP contribution in [0.2, 0.25) is 0 Å². The van der Waals surface area contributed by atoms with Crippen LogP contribution in [0.5, 0.6) is 0 Å². The molecule has 1 atom stereocenters. The first-order valence-electron chi connectivity index (χ1n) is 9.99. The molecule has 0 aromatic heterocycles. The van der Waals surface area contributed by atoms with Crippen LogP contribution < -0.4 is 0 Å². The van der Waals surface area contributed by atoms with Gasteiger partial charge in [-0.05, 0) is 26.2 Å². The highest BCUT2D eigenvalue weighted by atomic mass is 19.1. The fourth-order valence-corrected chi connectivity index (χ4v) is 2.82. The number of unbranched alkanes of at least 4 members (excludes halogenated alkanes) is 12. The highest BCUT2D eigenvalue weighted by Crippen LogP contribution is 2.13. The molecule has 22 heavy (non-hydrogen) atoms. The molecule has 0 amide bonds. The summed E-state index contributed by atoms with van der Waals surface area (Å²) in [6.07, 6.45) is 18.6. The third-order valence-electron chi connectivity index (χ3n) is 4.24. The summed E-state index contributed by atoms with van der Waals surface area (Å²) < 4.78 is 18.1. The Kier molecular flexibility index (Phi) is 18.8. The lowest BCUT2D eigenvalue weighted by Crippen LogP contribution is -1.95. The van der Waals surface area contributed by atoms with Crippen molar-refractivity contribution < 1.29 is 9.13 Å². The summed E-state index contributed by atoms with van der Waals surface area (Å²) in [6.45, 7) is 5.71. The molecule has 0 fully saturated rings. The maximum absolute atomic E-state index is 12.6. The van der Waals surface area contributed by atoms with Crippen LogP contribution in [0.4, 0.5) is 4.39 Å². The predicted octanol–water partition coefficient (Wildman–Crippen LogP) is 7.23. The molecule has 1 unspecified atom stereocenters. The van der Waals surface area contributed by atoms with Crippen LogP contribution in [0.15, 0.2) is 0 Å². The van der Waals surface area contributed by atoms with Gasteiger partial charge in [-0.2, -0.15) is 0 Å². The van der Waals surface area contributed by atoms with E-state index in [0.29, 0.717) is 0 Å². The van der Waals surface area contributed by atoms with Gasteiger partial charge in [0.25, 0.3) is 0 Å². The average molecular weight is 317 g/mol. The molecule has 0 aliphatic heterocycles. The molecule has 0 aliphatic carbocycles. The highest BCUT2D eigenvalue weighted by Gasteiger charge is 1.97. The van der Waals surface area contributed by atoms with Gasteiger partial charge in [-0.25, -0.2) is 4.39 Å². The fraction of sp³-hybridized carbons (Fsp3) is 1.00. The van der Waals surface area contributed by atoms with Crippen molar-refractivity contribution in [3.63, 3.8) is 0 Å². The third kappa shape index (κ3) is 19.9. The molecule has 0 rings (SSSR count). The standard InChI is InChI=1S/C20H41FO/c1-3-18-22-19-16-14-12-10-8-6-4-5-7-9-11-13-15-17-20(2)21/h20H,3-19H2,1-2H3. The van der Waals surface area contributed by atoms with Gasteiger partial charge in [0.15, 0.2) is 0 Å². The quantitative estimate of drug-likeness (QED) is 0.242. The second kappa shape index (κ2) is 18.9. The second-order valence-corrected chi connectivity index (χ2v) is 6.78. The molecule has 0 aliphatic rings. The minimum absolute atomic E-state index is 0.608. The van der Waals surface area contributed by atoms with E-state index in [9.17, 15) is 4.39 Å². The number of ether oxygens (including phenoxy) is 1. The number of alkyl halides is 1. The van der Waals surface area contributed by atoms with E-state index in [0.717, 1.165) is 32.5 Å². The van der Waals surface area contributed by atoms with Crippen molar-refractivity contribution in [3.8, 4) is 0 Å². The topological polar surface area (TPSA) is 9.23 Å². The van der Waals surface area contributed by atoms with Crippen LogP contribution in [-0.4, -0.2) is 19.4 Å². The Morgan fingerprint density at radius 2 is 1.05 bits per heavy atom. The van der Waals surface area contributed by atoms with Gasteiger partial charge in [-0.1, -0.05) is 84.0 Å². The van der Waals surface area contributed by atoms with E-state index in [1.165, 1.54) is 77.0 Å². The Bertz CT molecular complexity index is 194. The molecule has 0 bridgehead atoms. The van der Waals surface area contributed by atoms with Crippen molar-refractivity contribution in [2.45, 2.75) is 116 Å². The molecular formula is C20H41FO. The van der Waals surface area contributed by atoms with Crippen LogP contribution in [0, 0.1) is 0 Å². The summed E-state index contributed by atoms with van der Waals surface area (Å²) in [4.78, 5) is 0. The van der Waals surface area contributed by atoms with Crippen molar-refractivity contribution in [2.24, 2.45) is 0 Å². The maximum Gasteiger partial charge on any atom is 0.0973 e. The van der Waals surface area contributed by atoms with E-state index in [-0.39, 0.29) is 0 Å². The summed E-state index contributed by atoms with van der Waals surface area (Å²) in [5.41, 5.74) is 0. The van der Waals surface area contributed by atoms with E-state index in [1.807, 2.05) is 0 Å². The molecule has 0 spiro atoms. The molecule has 0 radical (unpaired) electrons. The highest BCUT2D eigenvalue weighted by molar-refractivity contribution is 4.51. The maximum atomic E-state index is 12.6. The van der Waals surface area contributed by atoms with E-state index >= 15 is 0 Å². The minimum atomic E-state index is -0.608. The van der Waals surface area contributed by atoms with Gasteiger partial charge in [0, 0.05) is 13.2 Å². The Hall–Kier alpha value is -0.110. The summed E-state index contributed by atoms with van der Waals surface area (Å²) >= 11 is 0. The molecule has 0 N–H and O–H groups in total. The molecule has 0 aromatic carbocycles. The van der Waals surface area contributed by atoms with Gasteiger partial charge < -0.3 is 4.74 Å². The van der Waals surface area contributed by atoms with Crippen molar-refractivity contribution >= 4 is 0 Å². The molecular weight excluding hydrogens is 275 g/mol. The molecule has 0 saturated heterocycles. The van der Waals surface area contributed by atoms with Gasteiger partial charge in [0.1, 0.15) is 0 Å². The smallest absolute Gasteiger partial charge is 0.0973 e. The molecule has 0 aromatic rings. The Morgan fingerprint density at radius 3 is 1.45 bits per heavy atom. The van der Waals surface area contributed by atoms with E-state index in [4.69, 9.17) is 4.74 Å². The lowest BCUT2D eigenvalue weighted by atomic mass is 10.0. The summed E-state index contributed by atoms with van der Waals surface area (Å²) in [5.74, 6) is 0. The van der Waals surface area contributed by atoms with Crippen molar-refractivity contribution in [2.75, 3.05) is 13.2 Å². The van der Waals surface area contributed by atoms with Crippen LogP contribution in [0.3, 0.4) is 0 Å². The SMILES string of the molecule is CCCOCCCCCCCCCCCCCCCC(C)F. The zero-order valence-electron chi connectivity index (χ0n) is 15.4. The first-order valence-corrected chi connectivity index (χ1v) is 9.99. The zero-order valence-corrected chi connectivity index (χ0v) is 15.4. The monoisotopic (exact) mass is 316 g/mol. The number of hydrogen-bond donors (Lipinski definition) is 0. The lowest BCUT2D eigenvalue weighted by molar-refractivity contribution is 0.130. The number of halogens is 1. The van der Waals surface area contributed by atoms with Crippen molar-refractivity contribution in [1.82, 2.24) is 0 Å². The van der Waals surface area contributed by atoms with Gasteiger partial charge in [-0.3, -0.25) is 0 Å². The van der Waals surface area contributed by atoms with E-state index < -0.39 is 6.17 Å². The summed E-state index contributed by atoms with van der Waals surface area (Å²) in [5, 5.41) is 0. The first-order chi connectivity index (χ1) is 10.8. The molecule has 2 heteroatoms. The Labute approximate surface area is 139 Å². The number of rotatable bonds is 18. The van der Waals surface area contributed by atoms with Crippen molar-refractivity contribution in [3.05, 3.63) is 0 Å². The molecule has 134 valence electrons. The largest absolute Gasteiger partial charge is 0.381 e. The Balaban J connectivity index is 2.94. The average Bonchev–Trinajstić information content (AvgIpc) is 2.50. The zero-order chi connectivity index (χ0) is 16.3. The summed E-state index contributed by atoms with van der Waals surface area (Å²) in [7, 11) is 0. The van der Waals surface area contributed by atoms with Crippen LogP contribution in [0.1, 0.15) is 110 Å². The molecule has 0 heterocycles. The normalized spacial score (nSPS) is 12.7. The van der Waals surface area contributed by atoms with E-state index in [1.54, 1.807) is 6.92 Å². The van der Waals surface area contributed by atoms with Crippen molar-refractivity contribution in [1.29, 1.82) is 0 Å². The summed E-state index contributed by atoms with van der Waals surface area (Å²) in [6, 6.07) is 0. The Morgan fingerprint density at radius 1 is 0.636 bits per heavy atom. The van der Waals surface area contributed by atoms with Gasteiger partial charge >= 0.3 is 0 Å². The first kappa shape index (κ1) is 21.9. The predicted molar refractivity (Wildman–Crippen MR) is 96.3 cm³/mol. The van der Waals surface area contributed by atoms with Gasteiger partial charge in [0.2, 0.25) is 0 Å². The third-order valence-corrected chi connectivity index (χ3v) is 4.24. The minimum Gasteiger partial charge on any atom is -0.381 e. The van der Waals surface area contributed by atoms with Gasteiger partial charge in [0.05, 0.1) is 6.17 Å². The van der Waals surface area contributed by atoms with Crippen LogP contribution >= 0.6 is 0 Å². The molecule has 1 nitrogen and oxygen atoms in total. The van der Waals surface area contributed by atoms with E-state index in [2.05, 4.69) is 6.92 Å². The number of hydrogen-bond acceptors (Lipinski definition) is 1. The van der Waals surface area contributed by atoms with Crippen LogP contribution in [0.25, 0.3) is 0 Å².